The summed E-state index contributed by atoms with van der Waals surface area (Å²) in [6, 6.07) is 7.70. The molecule has 120 valence electrons. The summed E-state index contributed by atoms with van der Waals surface area (Å²) in [4.78, 5) is 26.9. The highest BCUT2D eigenvalue weighted by Crippen LogP contribution is 2.21. The molecule has 1 fully saturated rings. The van der Waals surface area contributed by atoms with E-state index in [1.807, 2.05) is 29.2 Å². The maximum Gasteiger partial charge on any atom is 0.303 e. The van der Waals surface area contributed by atoms with Crippen molar-refractivity contribution in [3.05, 3.63) is 29.3 Å². The molecule has 0 aromatic heterocycles. The molecule has 1 atom stereocenters. The van der Waals surface area contributed by atoms with Gasteiger partial charge in [-0.05, 0) is 24.1 Å². The molecule has 1 aromatic rings. The van der Waals surface area contributed by atoms with E-state index in [1.165, 1.54) is 0 Å². The van der Waals surface area contributed by atoms with Crippen molar-refractivity contribution in [3.8, 4) is 0 Å². The second kappa shape index (κ2) is 7.49. The lowest BCUT2D eigenvalue weighted by atomic mass is 10.0. The Morgan fingerprint density at radius 3 is 2.50 bits per heavy atom. The van der Waals surface area contributed by atoms with Gasteiger partial charge in [0.05, 0.1) is 0 Å². The number of benzene rings is 1. The number of hydrogen-bond acceptors (Lipinski definition) is 3. The summed E-state index contributed by atoms with van der Waals surface area (Å²) in [6.07, 6.45) is 0.331. The molecule has 1 aromatic carbocycles. The smallest absolute Gasteiger partial charge is 0.303 e. The molecule has 1 N–H and O–H groups in total. The first-order chi connectivity index (χ1) is 10.5. The fraction of sp³-hybridized carbons (Fsp3) is 0.500. The molecular weight excluding hydrogens is 304 g/mol. The van der Waals surface area contributed by atoms with Gasteiger partial charge in [-0.1, -0.05) is 24.6 Å². The molecule has 1 aliphatic rings. The zero-order valence-electron chi connectivity index (χ0n) is 12.7. The summed E-state index contributed by atoms with van der Waals surface area (Å²) in [5.74, 6) is -0.943. The van der Waals surface area contributed by atoms with Crippen molar-refractivity contribution in [1.29, 1.82) is 0 Å². The molecule has 6 heteroatoms. The van der Waals surface area contributed by atoms with Crippen LogP contribution in [0.1, 0.15) is 19.8 Å². The minimum atomic E-state index is -0.855. The number of carbonyl (C=O) groups is 2. The molecule has 0 saturated carbocycles. The number of carboxylic acid groups (broad SMARTS) is 1. The molecular formula is C16H21ClN2O3. The molecule has 0 aliphatic carbocycles. The van der Waals surface area contributed by atoms with Crippen molar-refractivity contribution in [2.45, 2.75) is 19.8 Å². The summed E-state index contributed by atoms with van der Waals surface area (Å²) < 4.78 is 0. The SMILES string of the molecule is C[C@H](CC(=O)O)CC(=O)N1CCN(c2cccc(Cl)c2)CC1. The van der Waals surface area contributed by atoms with E-state index in [4.69, 9.17) is 16.7 Å². The number of piperazine rings is 1. The maximum atomic E-state index is 12.2. The summed E-state index contributed by atoms with van der Waals surface area (Å²) in [7, 11) is 0. The quantitative estimate of drug-likeness (QED) is 0.904. The number of aliphatic carboxylic acids is 1. The van der Waals surface area contributed by atoms with Crippen molar-refractivity contribution in [2.75, 3.05) is 31.1 Å². The van der Waals surface area contributed by atoms with E-state index in [2.05, 4.69) is 4.90 Å². The standard InChI is InChI=1S/C16H21ClN2O3/c1-12(10-16(21)22)9-15(20)19-7-5-18(6-8-19)14-4-2-3-13(17)11-14/h2-4,11-12H,5-10H2,1H3,(H,21,22)/t12-/m0/s1. The molecule has 1 aliphatic heterocycles. The zero-order valence-corrected chi connectivity index (χ0v) is 13.4. The first kappa shape index (κ1) is 16.6. The Morgan fingerprint density at radius 1 is 1.23 bits per heavy atom. The summed E-state index contributed by atoms with van der Waals surface area (Å²) >= 11 is 6.00. The highest BCUT2D eigenvalue weighted by molar-refractivity contribution is 6.30. The minimum absolute atomic E-state index is 0.0359. The van der Waals surface area contributed by atoms with Crippen LogP contribution in [0.15, 0.2) is 24.3 Å². The average molecular weight is 325 g/mol. The van der Waals surface area contributed by atoms with Crippen LogP contribution >= 0.6 is 11.6 Å². The van der Waals surface area contributed by atoms with E-state index in [-0.39, 0.29) is 18.2 Å². The second-order valence-electron chi connectivity index (χ2n) is 5.75. The average Bonchev–Trinajstić information content (AvgIpc) is 2.46. The number of hydrogen-bond donors (Lipinski definition) is 1. The van der Waals surface area contributed by atoms with Gasteiger partial charge < -0.3 is 14.9 Å². The molecule has 22 heavy (non-hydrogen) atoms. The van der Waals surface area contributed by atoms with E-state index in [0.29, 0.717) is 24.5 Å². The topological polar surface area (TPSA) is 60.9 Å². The molecule has 2 rings (SSSR count). The van der Waals surface area contributed by atoms with Crippen LogP contribution in [-0.4, -0.2) is 48.1 Å². The van der Waals surface area contributed by atoms with E-state index in [9.17, 15) is 9.59 Å². The monoisotopic (exact) mass is 324 g/mol. The fourth-order valence-corrected chi connectivity index (χ4v) is 2.87. The molecule has 5 nitrogen and oxygen atoms in total. The van der Waals surface area contributed by atoms with Crippen molar-refractivity contribution >= 4 is 29.2 Å². The van der Waals surface area contributed by atoms with Gasteiger partial charge in [0.15, 0.2) is 0 Å². The van der Waals surface area contributed by atoms with Crippen LogP contribution < -0.4 is 4.90 Å². The minimum Gasteiger partial charge on any atom is -0.481 e. The molecule has 0 unspecified atom stereocenters. The first-order valence-corrected chi connectivity index (χ1v) is 7.83. The Kier molecular flexibility index (Phi) is 5.66. The Hall–Kier alpha value is -1.75. The highest BCUT2D eigenvalue weighted by Gasteiger charge is 2.23. The number of rotatable bonds is 5. The normalized spacial score (nSPS) is 16.5. The number of nitrogens with zero attached hydrogens (tertiary/aromatic N) is 2. The van der Waals surface area contributed by atoms with Crippen LogP contribution in [-0.2, 0) is 9.59 Å². The maximum absolute atomic E-state index is 12.2. The number of carbonyl (C=O) groups excluding carboxylic acids is 1. The third-order valence-corrected chi connectivity index (χ3v) is 4.09. The van der Waals surface area contributed by atoms with Gasteiger partial charge in [0, 0.05) is 49.7 Å². The zero-order chi connectivity index (χ0) is 16.1. The van der Waals surface area contributed by atoms with Gasteiger partial charge in [0.2, 0.25) is 5.91 Å². The highest BCUT2D eigenvalue weighted by atomic mass is 35.5. The Morgan fingerprint density at radius 2 is 1.91 bits per heavy atom. The van der Waals surface area contributed by atoms with Crippen molar-refractivity contribution in [3.63, 3.8) is 0 Å². The second-order valence-corrected chi connectivity index (χ2v) is 6.19. The van der Waals surface area contributed by atoms with Gasteiger partial charge in [-0.15, -0.1) is 0 Å². The third kappa shape index (κ3) is 4.63. The van der Waals surface area contributed by atoms with E-state index >= 15 is 0 Å². The van der Waals surface area contributed by atoms with Gasteiger partial charge in [-0.2, -0.15) is 0 Å². The summed E-state index contributed by atoms with van der Waals surface area (Å²) in [6.45, 7) is 4.64. The molecule has 1 heterocycles. The van der Waals surface area contributed by atoms with Crippen LogP contribution in [0.2, 0.25) is 5.02 Å². The van der Waals surface area contributed by atoms with Crippen molar-refractivity contribution in [1.82, 2.24) is 4.90 Å². The first-order valence-electron chi connectivity index (χ1n) is 7.46. The number of halogens is 1. The number of anilines is 1. The van der Waals surface area contributed by atoms with Gasteiger partial charge in [-0.25, -0.2) is 0 Å². The van der Waals surface area contributed by atoms with Crippen LogP contribution in [0, 0.1) is 5.92 Å². The van der Waals surface area contributed by atoms with E-state index < -0.39 is 5.97 Å². The van der Waals surface area contributed by atoms with Gasteiger partial charge in [0.25, 0.3) is 0 Å². The predicted octanol–water partition coefficient (Wildman–Crippen LogP) is 2.49. The number of carboxylic acids is 1. The van der Waals surface area contributed by atoms with E-state index in [0.717, 1.165) is 18.8 Å². The fourth-order valence-electron chi connectivity index (χ4n) is 2.68. The van der Waals surface area contributed by atoms with Crippen LogP contribution in [0.3, 0.4) is 0 Å². The lowest BCUT2D eigenvalue weighted by molar-refractivity contribution is -0.138. The molecule has 0 spiro atoms. The largest absolute Gasteiger partial charge is 0.481 e. The summed E-state index contributed by atoms with van der Waals surface area (Å²) in [5, 5.41) is 9.45. The third-order valence-electron chi connectivity index (χ3n) is 3.85. The molecule has 1 saturated heterocycles. The van der Waals surface area contributed by atoms with Gasteiger partial charge in [-0.3, -0.25) is 9.59 Å². The van der Waals surface area contributed by atoms with Crippen molar-refractivity contribution < 1.29 is 14.7 Å². The lowest BCUT2D eigenvalue weighted by Crippen LogP contribution is -2.49. The predicted molar refractivity (Wildman–Crippen MR) is 86.3 cm³/mol. The van der Waals surface area contributed by atoms with Crippen LogP contribution in [0.25, 0.3) is 0 Å². The number of amides is 1. The van der Waals surface area contributed by atoms with E-state index in [1.54, 1.807) is 6.92 Å². The van der Waals surface area contributed by atoms with Crippen LogP contribution in [0.5, 0.6) is 0 Å². The van der Waals surface area contributed by atoms with Gasteiger partial charge in [0.1, 0.15) is 0 Å². The Bertz CT molecular complexity index is 542. The molecule has 0 bridgehead atoms. The Balaban J connectivity index is 1.84. The van der Waals surface area contributed by atoms with Crippen molar-refractivity contribution in [2.24, 2.45) is 5.92 Å². The lowest BCUT2D eigenvalue weighted by Gasteiger charge is -2.36. The van der Waals surface area contributed by atoms with Gasteiger partial charge >= 0.3 is 5.97 Å². The van der Waals surface area contributed by atoms with Crippen LogP contribution in [0.4, 0.5) is 5.69 Å². The summed E-state index contributed by atoms with van der Waals surface area (Å²) in [5.41, 5.74) is 1.07. The molecule has 0 radical (unpaired) electrons. The Labute approximate surface area is 135 Å². The molecule has 1 amide bonds.